The lowest BCUT2D eigenvalue weighted by molar-refractivity contribution is 0.0951. The molecule has 0 fully saturated rings. The molecule has 3 N–H and O–H groups in total. The minimum Gasteiger partial charge on any atom is -0.497 e. The van der Waals surface area contributed by atoms with E-state index in [1.165, 1.54) is 0 Å². The van der Waals surface area contributed by atoms with Crippen molar-refractivity contribution < 1.29 is 14.3 Å². The Labute approximate surface area is 148 Å². The number of benzene rings is 2. The molecule has 2 aromatic carbocycles. The zero-order valence-electron chi connectivity index (χ0n) is 13.7. The lowest BCUT2D eigenvalue weighted by atomic mass is 10.1. The average Bonchev–Trinajstić information content (AvgIpc) is 2.62. The van der Waals surface area contributed by atoms with Crippen LogP contribution in [0.2, 0.25) is 0 Å². The van der Waals surface area contributed by atoms with Gasteiger partial charge in [-0.1, -0.05) is 12.1 Å². The number of nitrogens with one attached hydrogen (secondary N) is 1. The van der Waals surface area contributed by atoms with Gasteiger partial charge in [0.2, 0.25) is 0 Å². The summed E-state index contributed by atoms with van der Waals surface area (Å²) in [5.74, 6) is 1.50. The highest BCUT2D eigenvalue weighted by molar-refractivity contribution is 5.94. The third-order valence-corrected chi connectivity index (χ3v) is 3.39. The highest BCUT2D eigenvalue weighted by Crippen LogP contribution is 2.16. The third kappa shape index (κ3) is 6.10. The largest absolute Gasteiger partial charge is 0.497 e. The molecule has 1 amide bonds. The molecule has 0 atom stereocenters. The molecule has 6 heteroatoms. The number of carbonyl (C=O) groups is 1. The summed E-state index contributed by atoms with van der Waals surface area (Å²) in [5.41, 5.74) is 7.18. The van der Waals surface area contributed by atoms with Crippen LogP contribution < -0.4 is 20.5 Å². The first kappa shape index (κ1) is 19.8. The molecule has 5 nitrogen and oxygen atoms in total. The van der Waals surface area contributed by atoms with E-state index < -0.39 is 0 Å². The smallest absolute Gasteiger partial charge is 0.251 e. The van der Waals surface area contributed by atoms with Gasteiger partial charge in [0, 0.05) is 18.7 Å². The number of rotatable bonds is 8. The maximum atomic E-state index is 12.0. The van der Waals surface area contributed by atoms with Crippen LogP contribution in [-0.2, 0) is 6.54 Å². The van der Waals surface area contributed by atoms with Gasteiger partial charge in [-0.05, 0) is 48.4 Å². The number of methoxy groups -OCH3 is 1. The molecular formula is C18H23ClN2O3. The quantitative estimate of drug-likeness (QED) is 0.718. The van der Waals surface area contributed by atoms with Crippen LogP contribution in [0.4, 0.5) is 0 Å². The van der Waals surface area contributed by atoms with Crippen LogP contribution in [0.1, 0.15) is 22.3 Å². The normalized spacial score (nSPS) is 9.75. The molecule has 0 heterocycles. The van der Waals surface area contributed by atoms with Crippen LogP contribution in [0.5, 0.6) is 11.5 Å². The summed E-state index contributed by atoms with van der Waals surface area (Å²) in [4.78, 5) is 12.0. The molecule has 0 aliphatic carbocycles. The van der Waals surface area contributed by atoms with Gasteiger partial charge in [0.1, 0.15) is 11.5 Å². The van der Waals surface area contributed by atoms with E-state index in [0.717, 1.165) is 23.5 Å². The summed E-state index contributed by atoms with van der Waals surface area (Å²) >= 11 is 0. The van der Waals surface area contributed by atoms with Crippen LogP contribution in [-0.4, -0.2) is 26.2 Å². The number of hydrogen-bond donors (Lipinski definition) is 2. The second-order valence-corrected chi connectivity index (χ2v) is 5.03. The van der Waals surface area contributed by atoms with Crippen LogP contribution in [0.15, 0.2) is 48.5 Å². The number of carbonyl (C=O) groups excluding carboxylic acids is 1. The standard InChI is InChI=1S/C18H22N2O3.ClH/c1-22-16-7-9-17(10-8-16)23-12-2-11-20-18(21)15-5-3-14(13-19)4-6-15;/h3-10H,2,11-13,19H2,1H3,(H,20,21);1H. The number of nitrogens with two attached hydrogens (primary N) is 1. The fraction of sp³-hybridized carbons (Fsp3) is 0.278. The summed E-state index contributed by atoms with van der Waals surface area (Å²) in [5, 5.41) is 2.87. The summed E-state index contributed by atoms with van der Waals surface area (Å²) < 4.78 is 10.7. The molecule has 2 aromatic rings. The summed E-state index contributed by atoms with van der Waals surface area (Å²) in [6.07, 6.45) is 0.735. The zero-order chi connectivity index (χ0) is 16.5. The van der Waals surface area contributed by atoms with Gasteiger partial charge in [0.25, 0.3) is 5.91 Å². The Morgan fingerprint density at radius 2 is 1.67 bits per heavy atom. The second-order valence-electron chi connectivity index (χ2n) is 5.03. The second kappa shape index (κ2) is 10.5. The Morgan fingerprint density at radius 3 is 2.25 bits per heavy atom. The highest BCUT2D eigenvalue weighted by atomic mass is 35.5. The molecule has 24 heavy (non-hydrogen) atoms. The molecule has 0 spiro atoms. The molecule has 0 aliphatic heterocycles. The predicted molar refractivity (Wildman–Crippen MR) is 97.0 cm³/mol. The monoisotopic (exact) mass is 350 g/mol. The molecule has 130 valence electrons. The lowest BCUT2D eigenvalue weighted by Gasteiger charge is -2.08. The van der Waals surface area contributed by atoms with Gasteiger partial charge in [-0.3, -0.25) is 4.79 Å². The molecule has 0 saturated heterocycles. The maximum absolute atomic E-state index is 12.0. The van der Waals surface area contributed by atoms with Gasteiger partial charge in [0.05, 0.1) is 13.7 Å². The minimum absolute atomic E-state index is 0. The van der Waals surface area contributed by atoms with Gasteiger partial charge >= 0.3 is 0 Å². The molecule has 0 aliphatic rings. The first-order chi connectivity index (χ1) is 11.2. The Morgan fingerprint density at radius 1 is 1.04 bits per heavy atom. The van der Waals surface area contributed by atoms with Crippen molar-refractivity contribution in [2.45, 2.75) is 13.0 Å². The Kier molecular flexibility index (Phi) is 8.68. The van der Waals surface area contributed by atoms with Crippen molar-refractivity contribution in [3.05, 3.63) is 59.7 Å². The highest BCUT2D eigenvalue weighted by Gasteiger charge is 2.04. The van der Waals surface area contributed by atoms with Crippen molar-refractivity contribution in [1.82, 2.24) is 5.32 Å². The van der Waals surface area contributed by atoms with Crippen molar-refractivity contribution in [2.24, 2.45) is 5.73 Å². The first-order valence-corrected chi connectivity index (χ1v) is 7.57. The van der Waals surface area contributed by atoms with E-state index >= 15 is 0 Å². The van der Waals surface area contributed by atoms with Crippen LogP contribution in [0.3, 0.4) is 0 Å². The molecule has 0 saturated carbocycles. The van der Waals surface area contributed by atoms with E-state index in [1.54, 1.807) is 19.2 Å². The van der Waals surface area contributed by atoms with Gasteiger partial charge in [-0.25, -0.2) is 0 Å². The van der Waals surface area contributed by atoms with Gasteiger partial charge in [0.15, 0.2) is 0 Å². The lowest BCUT2D eigenvalue weighted by Crippen LogP contribution is -2.25. The minimum atomic E-state index is -0.0852. The van der Waals surface area contributed by atoms with Gasteiger partial charge in [-0.2, -0.15) is 0 Å². The van der Waals surface area contributed by atoms with Gasteiger partial charge in [-0.15, -0.1) is 12.4 Å². The Balaban J connectivity index is 0.00000288. The molecule has 0 bridgehead atoms. The van der Waals surface area contributed by atoms with Gasteiger partial charge < -0.3 is 20.5 Å². The number of amides is 1. The summed E-state index contributed by atoms with van der Waals surface area (Å²) in [6, 6.07) is 14.7. The zero-order valence-corrected chi connectivity index (χ0v) is 14.5. The fourth-order valence-corrected chi connectivity index (χ4v) is 2.03. The average molecular weight is 351 g/mol. The van der Waals surface area contributed by atoms with Crippen LogP contribution in [0, 0.1) is 0 Å². The van der Waals surface area contributed by atoms with E-state index in [9.17, 15) is 4.79 Å². The van der Waals surface area contributed by atoms with Crippen molar-refractivity contribution in [3.63, 3.8) is 0 Å². The SMILES string of the molecule is COc1ccc(OCCCNC(=O)c2ccc(CN)cc2)cc1.Cl. The van der Waals surface area contributed by atoms with E-state index in [1.807, 2.05) is 36.4 Å². The first-order valence-electron chi connectivity index (χ1n) is 7.57. The van der Waals surface area contributed by atoms with E-state index in [4.69, 9.17) is 15.2 Å². The fourth-order valence-electron chi connectivity index (χ4n) is 2.03. The van der Waals surface area contributed by atoms with E-state index in [-0.39, 0.29) is 18.3 Å². The number of hydrogen-bond acceptors (Lipinski definition) is 4. The van der Waals surface area contributed by atoms with Crippen molar-refractivity contribution in [1.29, 1.82) is 0 Å². The molecule has 2 rings (SSSR count). The Hall–Kier alpha value is -2.24. The molecule has 0 unspecified atom stereocenters. The molecule has 0 radical (unpaired) electrons. The van der Waals surface area contributed by atoms with Crippen molar-refractivity contribution in [3.8, 4) is 11.5 Å². The Bertz CT molecular complexity index is 615. The maximum Gasteiger partial charge on any atom is 0.251 e. The van der Waals surface area contributed by atoms with Crippen LogP contribution in [0.25, 0.3) is 0 Å². The van der Waals surface area contributed by atoms with E-state index in [2.05, 4.69) is 5.32 Å². The summed E-state index contributed by atoms with van der Waals surface area (Å²) in [7, 11) is 1.63. The van der Waals surface area contributed by atoms with Crippen molar-refractivity contribution >= 4 is 18.3 Å². The molecule has 0 aromatic heterocycles. The van der Waals surface area contributed by atoms with Crippen molar-refractivity contribution in [2.75, 3.05) is 20.3 Å². The number of ether oxygens (including phenoxy) is 2. The third-order valence-electron chi connectivity index (χ3n) is 3.39. The van der Waals surface area contributed by atoms with E-state index in [0.29, 0.717) is 25.3 Å². The predicted octanol–water partition coefficient (Wildman–Crippen LogP) is 2.77. The topological polar surface area (TPSA) is 73.6 Å². The summed E-state index contributed by atoms with van der Waals surface area (Å²) in [6.45, 7) is 1.58. The molecular weight excluding hydrogens is 328 g/mol. The number of halogens is 1. The van der Waals surface area contributed by atoms with Crippen LogP contribution >= 0.6 is 12.4 Å².